The number of imide groups is 1. The van der Waals surface area contributed by atoms with Crippen LogP contribution >= 0.6 is 0 Å². The van der Waals surface area contributed by atoms with E-state index in [4.69, 9.17) is 4.74 Å². The molecule has 3 amide bonds. The van der Waals surface area contributed by atoms with Crippen LogP contribution in [0, 0.1) is 5.92 Å². The third-order valence-electron chi connectivity index (χ3n) is 5.75. The molecule has 2 heterocycles. The monoisotopic (exact) mass is 392 g/mol. The summed E-state index contributed by atoms with van der Waals surface area (Å²) >= 11 is 0. The summed E-state index contributed by atoms with van der Waals surface area (Å²) in [7, 11) is 1.58. The first kappa shape index (κ1) is 19.2. The van der Waals surface area contributed by atoms with E-state index in [0.29, 0.717) is 24.4 Å². The van der Waals surface area contributed by atoms with E-state index >= 15 is 0 Å². The molecule has 4 rings (SSSR count). The molecule has 0 unspecified atom stereocenters. The quantitative estimate of drug-likeness (QED) is 0.750. The van der Waals surface area contributed by atoms with E-state index in [2.05, 4.69) is 0 Å². The van der Waals surface area contributed by atoms with Crippen LogP contribution in [0.5, 0.6) is 5.75 Å². The van der Waals surface area contributed by atoms with Crippen molar-refractivity contribution in [3.8, 4) is 5.75 Å². The predicted molar refractivity (Wildman–Crippen MR) is 107 cm³/mol. The van der Waals surface area contributed by atoms with Crippen molar-refractivity contribution in [1.82, 2.24) is 9.80 Å². The van der Waals surface area contributed by atoms with Gasteiger partial charge < -0.3 is 9.64 Å². The van der Waals surface area contributed by atoms with E-state index in [1.807, 2.05) is 23.1 Å². The largest absolute Gasteiger partial charge is 0.497 e. The Labute approximate surface area is 170 Å². The van der Waals surface area contributed by atoms with E-state index in [1.165, 1.54) is 4.90 Å². The predicted octanol–water partition coefficient (Wildman–Crippen LogP) is 3.05. The van der Waals surface area contributed by atoms with E-state index in [1.54, 1.807) is 43.5 Å². The minimum Gasteiger partial charge on any atom is -0.497 e. The first-order chi connectivity index (χ1) is 14.1. The number of rotatable bonds is 4. The Morgan fingerprint density at radius 3 is 2.24 bits per heavy atom. The van der Waals surface area contributed by atoms with Gasteiger partial charge in [0.2, 0.25) is 11.8 Å². The van der Waals surface area contributed by atoms with Gasteiger partial charge in [-0.2, -0.15) is 0 Å². The van der Waals surface area contributed by atoms with Crippen molar-refractivity contribution in [2.45, 2.75) is 25.3 Å². The highest BCUT2D eigenvalue weighted by Crippen LogP contribution is 2.41. The molecule has 6 heteroatoms. The number of nitrogens with zero attached hydrogens (tertiary/aromatic N) is 2. The van der Waals surface area contributed by atoms with Crippen molar-refractivity contribution in [3.63, 3.8) is 0 Å². The van der Waals surface area contributed by atoms with Gasteiger partial charge in [-0.05, 0) is 42.7 Å². The number of hydrogen-bond donors (Lipinski definition) is 0. The number of carbonyl (C=O) groups is 3. The van der Waals surface area contributed by atoms with Crippen molar-refractivity contribution in [3.05, 3.63) is 65.7 Å². The van der Waals surface area contributed by atoms with Crippen molar-refractivity contribution in [2.24, 2.45) is 5.92 Å². The molecule has 6 nitrogen and oxygen atoms in total. The fourth-order valence-electron chi connectivity index (χ4n) is 4.27. The normalized spacial score (nSPS) is 21.5. The lowest BCUT2D eigenvalue weighted by molar-refractivity contribution is -0.135. The maximum Gasteiger partial charge on any atom is 0.261 e. The molecule has 0 radical (unpaired) electrons. The van der Waals surface area contributed by atoms with Gasteiger partial charge in [0.1, 0.15) is 5.75 Å². The lowest BCUT2D eigenvalue weighted by Crippen LogP contribution is -2.39. The number of amides is 3. The second-order valence-electron chi connectivity index (χ2n) is 7.50. The Kier molecular flexibility index (Phi) is 5.34. The fourth-order valence-corrected chi connectivity index (χ4v) is 4.27. The van der Waals surface area contributed by atoms with Gasteiger partial charge in [-0.1, -0.05) is 30.3 Å². The van der Waals surface area contributed by atoms with Gasteiger partial charge in [0, 0.05) is 25.1 Å². The van der Waals surface area contributed by atoms with Gasteiger partial charge in [-0.25, -0.2) is 0 Å². The van der Waals surface area contributed by atoms with Gasteiger partial charge in [-0.3, -0.25) is 19.3 Å². The van der Waals surface area contributed by atoms with E-state index in [-0.39, 0.29) is 24.1 Å². The van der Waals surface area contributed by atoms with Crippen LogP contribution in [0.15, 0.2) is 54.6 Å². The zero-order chi connectivity index (χ0) is 20.4. The molecular weight excluding hydrogens is 368 g/mol. The van der Waals surface area contributed by atoms with Crippen molar-refractivity contribution in [1.29, 1.82) is 0 Å². The number of likely N-dealkylation sites (tertiary alicyclic amines) is 2. The van der Waals surface area contributed by atoms with Crippen LogP contribution in [0.25, 0.3) is 0 Å². The highest BCUT2D eigenvalue weighted by Gasteiger charge is 2.48. The van der Waals surface area contributed by atoms with E-state index in [0.717, 1.165) is 18.4 Å². The molecule has 2 aliphatic rings. The average Bonchev–Trinajstić information content (AvgIpc) is 3.41. The summed E-state index contributed by atoms with van der Waals surface area (Å²) in [4.78, 5) is 42.5. The van der Waals surface area contributed by atoms with Crippen LogP contribution in [0.4, 0.5) is 0 Å². The number of ether oxygens (including phenoxy) is 1. The lowest BCUT2D eigenvalue weighted by atomic mass is 9.92. The van der Waals surface area contributed by atoms with Crippen LogP contribution in [0.2, 0.25) is 0 Å². The molecule has 0 N–H and O–H groups in total. The van der Waals surface area contributed by atoms with Crippen LogP contribution in [-0.4, -0.2) is 47.7 Å². The molecular formula is C23H24N2O4. The minimum atomic E-state index is -0.616. The maximum absolute atomic E-state index is 13.2. The average molecular weight is 392 g/mol. The van der Waals surface area contributed by atoms with Crippen LogP contribution in [-0.2, 0) is 9.59 Å². The van der Waals surface area contributed by atoms with E-state index in [9.17, 15) is 14.4 Å². The van der Waals surface area contributed by atoms with Crippen molar-refractivity contribution < 1.29 is 19.1 Å². The standard InChI is InChI=1S/C23H24N2O4/c1-29-18-11-9-16(10-12-18)21-19(23(28)24-13-5-6-14-24)15-20(26)25(21)22(27)17-7-3-2-4-8-17/h2-4,7-12,19,21H,5-6,13-15H2,1H3/t19-,21-/m1/s1. The topological polar surface area (TPSA) is 66.9 Å². The summed E-state index contributed by atoms with van der Waals surface area (Å²) < 4.78 is 5.23. The maximum atomic E-state index is 13.2. The zero-order valence-corrected chi connectivity index (χ0v) is 16.4. The van der Waals surface area contributed by atoms with Gasteiger partial charge >= 0.3 is 0 Å². The Balaban J connectivity index is 1.72. The van der Waals surface area contributed by atoms with Gasteiger partial charge in [0.15, 0.2) is 0 Å². The summed E-state index contributed by atoms with van der Waals surface area (Å²) in [6.07, 6.45) is 2.00. The molecule has 2 saturated heterocycles. The molecule has 0 bridgehead atoms. The number of benzene rings is 2. The number of hydrogen-bond acceptors (Lipinski definition) is 4. The second-order valence-corrected chi connectivity index (χ2v) is 7.50. The molecule has 150 valence electrons. The summed E-state index contributed by atoms with van der Waals surface area (Å²) in [5.41, 5.74) is 1.20. The smallest absolute Gasteiger partial charge is 0.261 e. The zero-order valence-electron chi connectivity index (χ0n) is 16.4. The summed E-state index contributed by atoms with van der Waals surface area (Å²) in [5, 5.41) is 0. The van der Waals surface area contributed by atoms with Gasteiger partial charge in [0.05, 0.1) is 19.1 Å². The molecule has 2 aromatic carbocycles. The minimum absolute atomic E-state index is 0.0416. The fraction of sp³-hybridized carbons (Fsp3) is 0.348. The van der Waals surface area contributed by atoms with Crippen molar-refractivity contribution in [2.75, 3.05) is 20.2 Å². The molecule has 2 fully saturated rings. The first-order valence-corrected chi connectivity index (χ1v) is 9.94. The van der Waals surface area contributed by atoms with Gasteiger partial charge in [0.25, 0.3) is 5.91 Å². The molecule has 2 aromatic rings. The second kappa shape index (κ2) is 8.07. The molecule has 0 saturated carbocycles. The molecule has 2 atom stereocenters. The first-order valence-electron chi connectivity index (χ1n) is 9.94. The highest BCUT2D eigenvalue weighted by atomic mass is 16.5. The third-order valence-corrected chi connectivity index (χ3v) is 5.75. The number of methoxy groups -OCH3 is 1. The molecule has 0 spiro atoms. The van der Waals surface area contributed by atoms with E-state index < -0.39 is 12.0 Å². The molecule has 0 aliphatic carbocycles. The number of carbonyl (C=O) groups excluding carboxylic acids is 3. The van der Waals surface area contributed by atoms with Crippen LogP contribution < -0.4 is 4.74 Å². The Bertz CT molecular complexity index is 904. The summed E-state index contributed by atoms with van der Waals surface area (Å²) in [5.74, 6) is -0.603. The van der Waals surface area contributed by atoms with Gasteiger partial charge in [-0.15, -0.1) is 0 Å². The Hall–Kier alpha value is -3.15. The third kappa shape index (κ3) is 3.62. The van der Waals surface area contributed by atoms with Crippen molar-refractivity contribution >= 4 is 17.7 Å². The SMILES string of the molecule is COc1ccc([C@@H]2[C@H](C(=O)N3CCCC3)CC(=O)N2C(=O)c2ccccc2)cc1. The Morgan fingerprint density at radius 1 is 0.966 bits per heavy atom. The highest BCUT2D eigenvalue weighted by molar-refractivity contribution is 6.08. The van der Waals surface area contributed by atoms with Crippen LogP contribution in [0.1, 0.15) is 41.2 Å². The van der Waals surface area contributed by atoms with Crippen LogP contribution in [0.3, 0.4) is 0 Å². The summed E-state index contributed by atoms with van der Waals surface area (Å²) in [6.45, 7) is 1.43. The Morgan fingerprint density at radius 2 is 1.62 bits per heavy atom. The molecule has 0 aromatic heterocycles. The molecule has 2 aliphatic heterocycles. The lowest BCUT2D eigenvalue weighted by Gasteiger charge is -2.29. The summed E-state index contributed by atoms with van der Waals surface area (Å²) in [6, 6.07) is 15.4. The molecule has 29 heavy (non-hydrogen) atoms.